The van der Waals surface area contributed by atoms with Crippen LogP contribution in [0.2, 0.25) is 0 Å². The van der Waals surface area contributed by atoms with Gasteiger partial charge in [0.25, 0.3) is 0 Å². The van der Waals surface area contributed by atoms with Crippen molar-refractivity contribution in [2.24, 2.45) is 5.92 Å². The van der Waals surface area contributed by atoms with E-state index in [2.05, 4.69) is 20.4 Å². The summed E-state index contributed by atoms with van der Waals surface area (Å²) < 4.78 is 40.2. The van der Waals surface area contributed by atoms with Crippen LogP contribution in [0.1, 0.15) is 29.3 Å². The molecule has 2 aromatic rings. The second-order valence-electron chi connectivity index (χ2n) is 6.08. The number of rotatable bonds is 4. The van der Waals surface area contributed by atoms with Crippen LogP contribution >= 0.6 is 0 Å². The normalized spacial score (nSPS) is 17.2. The lowest BCUT2D eigenvalue weighted by Gasteiger charge is -2.22. The number of nitrogens with one attached hydrogen (secondary N) is 1. The fourth-order valence-electron chi connectivity index (χ4n) is 2.92. The molecule has 0 spiro atoms. The highest BCUT2D eigenvalue weighted by Crippen LogP contribution is 2.27. The van der Waals surface area contributed by atoms with Crippen LogP contribution in [-0.2, 0) is 30.4 Å². The quantitative estimate of drug-likeness (QED) is 0.912. The zero-order valence-corrected chi connectivity index (χ0v) is 13.7. The highest BCUT2D eigenvalue weighted by Gasteiger charge is 2.33. The molecule has 0 aliphatic carbocycles. The molecular weight excluding hydrogens is 335 g/mol. The fourth-order valence-corrected chi connectivity index (χ4v) is 2.92. The van der Waals surface area contributed by atoms with Gasteiger partial charge in [-0.15, -0.1) is 0 Å². The molecule has 134 valence electrons. The monoisotopic (exact) mass is 353 g/mol. The molecule has 1 unspecified atom stereocenters. The molecule has 1 atom stereocenters. The van der Waals surface area contributed by atoms with Crippen molar-refractivity contribution in [3.63, 3.8) is 0 Å². The van der Waals surface area contributed by atoms with E-state index in [-0.39, 0.29) is 36.3 Å². The number of nitrogens with zero attached hydrogens (tertiary/aromatic N) is 4. The Morgan fingerprint density at radius 3 is 2.96 bits per heavy atom. The van der Waals surface area contributed by atoms with Gasteiger partial charge in [-0.2, -0.15) is 18.3 Å². The molecule has 1 aliphatic heterocycles. The molecule has 0 aromatic carbocycles. The van der Waals surface area contributed by atoms with E-state index in [0.29, 0.717) is 19.4 Å². The first-order valence-electron chi connectivity index (χ1n) is 8.03. The van der Waals surface area contributed by atoms with Crippen LogP contribution in [0, 0.1) is 12.8 Å². The van der Waals surface area contributed by atoms with Gasteiger partial charge in [0.1, 0.15) is 11.5 Å². The van der Waals surface area contributed by atoms with Crippen molar-refractivity contribution in [3.8, 4) is 0 Å². The maximum Gasteiger partial charge on any atom is 0.433 e. The third kappa shape index (κ3) is 4.15. The number of hydrogen-bond donors (Lipinski definition) is 1. The minimum absolute atomic E-state index is 0.0781. The summed E-state index contributed by atoms with van der Waals surface area (Å²) in [6.45, 7) is 2.38. The van der Waals surface area contributed by atoms with Crippen molar-refractivity contribution >= 4 is 5.91 Å². The minimum atomic E-state index is -4.50. The Hall–Kier alpha value is -2.45. The van der Waals surface area contributed by atoms with E-state index in [0.717, 1.165) is 11.8 Å². The van der Waals surface area contributed by atoms with Gasteiger partial charge >= 0.3 is 6.18 Å². The standard InChI is InChI=1S/C16H18F3N5O/c1-10-8-13(16(17,18)19)23-14(22-10)3-5-20-15(25)11-4-7-24-12(9-11)2-6-21-24/h2,6,8,11H,3-5,7,9H2,1H3,(H,20,25). The van der Waals surface area contributed by atoms with Crippen molar-refractivity contribution in [2.75, 3.05) is 6.54 Å². The average molecular weight is 353 g/mol. The van der Waals surface area contributed by atoms with Gasteiger partial charge in [0.15, 0.2) is 0 Å². The van der Waals surface area contributed by atoms with E-state index in [1.54, 1.807) is 6.20 Å². The van der Waals surface area contributed by atoms with E-state index in [1.807, 2.05) is 10.7 Å². The SMILES string of the molecule is Cc1cc(C(F)(F)F)nc(CCNC(=O)C2CCn3nccc3C2)n1. The number of alkyl halides is 3. The molecule has 3 rings (SSSR count). The molecule has 3 heterocycles. The van der Waals surface area contributed by atoms with Gasteiger partial charge in [0.2, 0.25) is 5.91 Å². The number of halogens is 3. The summed E-state index contributed by atoms with van der Waals surface area (Å²) in [5, 5.41) is 6.94. The second-order valence-corrected chi connectivity index (χ2v) is 6.08. The number of fused-ring (bicyclic) bond motifs is 1. The first kappa shape index (κ1) is 17.4. The number of aromatic nitrogens is 4. The summed E-state index contributed by atoms with van der Waals surface area (Å²) in [6, 6.07) is 2.80. The summed E-state index contributed by atoms with van der Waals surface area (Å²) in [6.07, 6.45) is -1.33. The molecule has 1 N–H and O–H groups in total. The van der Waals surface area contributed by atoms with Gasteiger partial charge in [0, 0.05) is 49.4 Å². The van der Waals surface area contributed by atoms with E-state index in [4.69, 9.17) is 0 Å². The molecule has 0 saturated carbocycles. The zero-order valence-electron chi connectivity index (χ0n) is 13.7. The number of amides is 1. The Morgan fingerprint density at radius 1 is 1.40 bits per heavy atom. The molecule has 6 nitrogen and oxygen atoms in total. The van der Waals surface area contributed by atoms with E-state index >= 15 is 0 Å². The number of carbonyl (C=O) groups excluding carboxylic acids is 1. The molecule has 9 heteroatoms. The third-order valence-corrected chi connectivity index (χ3v) is 4.16. The first-order chi connectivity index (χ1) is 11.8. The van der Waals surface area contributed by atoms with Crippen molar-refractivity contribution in [1.29, 1.82) is 0 Å². The highest BCUT2D eigenvalue weighted by molar-refractivity contribution is 5.79. The van der Waals surface area contributed by atoms with Gasteiger partial charge < -0.3 is 5.32 Å². The van der Waals surface area contributed by atoms with Crippen LogP contribution in [0.5, 0.6) is 0 Å². The van der Waals surface area contributed by atoms with Crippen molar-refractivity contribution < 1.29 is 18.0 Å². The van der Waals surface area contributed by atoms with Gasteiger partial charge in [-0.1, -0.05) is 0 Å². The van der Waals surface area contributed by atoms with Crippen molar-refractivity contribution in [2.45, 2.75) is 38.9 Å². The summed E-state index contributed by atoms with van der Waals surface area (Å²) in [5.41, 5.74) is 0.314. The highest BCUT2D eigenvalue weighted by atomic mass is 19.4. The van der Waals surface area contributed by atoms with Crippen LogP contribution in [0.25, 0.3) is 0 Å². The first-order valence-corrected chi connectivity index (χ1v) is 8.03. The topological polar surface area (TPSA) is 72.7 Å². The van der Waals surface area contributed by atoms with Crippen LogP contribution in [0.4, 0.5) is 13.2 Å². The Balaban J connectivity index is 1.55. The van der Waals surface area contributed by atoms with Crippen LogP contribution in [0.3, 0.4) is 0 Å². The molecule has 0 radical (unpaired) electrons. The van der Waals surface area contributed by atoms with Crippen LogP contribution < -0.4 is 5.32 Å². The molecule has 25 heavy (non-hydrogen) atoms. The summed E-state index contributed by atoms with van der Waals surface area (Å²) in [5.74, 6) is -0.168. The summed E-state index contributed by atoms with van der Waals surface area (Å²) in [7, 11) is 0. The molecular formula is C16H18F3N5O. The molecule has 0 fully saturated rings. The Bertz CT molecular complexity index is 771. The molecule has 2 aromatic heterocycles. The maximum absolute atomic E-state index is 12.8. The summed E-state index contributed by atoms with van der Waals surface area (Å²) in [4.78, 5) is 19.8. The summed E-state index contributed by atoms with van der Waals surface area (Å²) >= 11 is 0. The van der Waals surface area contributed by atoms with Gasteiger partial charge in [-0.25, -0.2) is 9.97 Å². The second kappa shape index (κ2) is 6.81. The average Bonchev–Trinajstić information content (AvgIpc) is 3.01. The lowest BCUT2D eigenvalue weighted by atomic mass is 9.95. The van der Waals surface area contributed by atoms with E-state index < -0.39 is 11.9 Å². The van der Waals surface area contributed by atoms with E-state index in [9.17, 15) is 18.0 Å². The van der Waals surface area contributed by atoms with E-state index in [1.165, 1.54) is 6.92 Å². The lowest BCUT2D eigenvalue weighted by Crippen LogP contribution is -2.36. The van der Waals surface area contributed by atoms with Crippen LogP contribution in [0.15, 0.2) is 18.3 Å². The Morgan fingerprint density at radius 2 is 2.20 bits per heavy atom. The fraction of sp³-hybridized carbons (Fsp3) is 0.500. The number of aryl methyl sites for hydroxylation is 2. The third-order valence-electron chi connectivity index (χ3n) is 4.16. The predicted molar refractivity (Wildman–Crippen MR) is 82.5 cm³/mol. The Labute approximate surface area is 142 Å². The predicted octanol–water partition coefficient (Wildman–Crippen LogP) is 1.92. The molecule has 1 amide bonds. The zero-order chi connectivity index (χ0) is 18.0. The minimum Gasteiger partial charge on any atom is -0.355 e. The largest absolute Gasteiger partial charge is 0.433 e. The van der Waals surface area contributed by atoms with Crippen molar-refractivity contribution in [3.05, 3.63) is 41.2 Å². The van der Waals surface area contributed by atoms with Gasteiger partial charge in [-0.3, -0.25) is 9.48 Å². The van der Waals surface area contributed by atoms with Crippen LogP contribution in [-0.4, -0.2) is 32.2 Å². The molecule has 1 aliphatic rings. The number of carbonyl (C=O) groups is 1. The van der Waals surface area contributed by atoms with Gasteiger partial charge in [-0.05, 0) is 25.5 Å². The number of hydrogen-bond acceptors (Lipinski definition) is 4. The van der Waals surface area contributed by atoms with Gasteiger partial charge in [0.05, 0.1) is 0 Å². The smallest absolute Gasteiger partial charge is 0.355 e. The molecule has 0 bridgehead atoms. The maximum atomic E-state index is 12.8. The Kier molecular flexibility index (Phi) is 4.73. The lowest BCUT2D eigenvalue weighted by molar-refractivity contribution is -0.141. The molecule has 0 saturated heterocycles. The van der Waals surface area contributed by atoms with Crippen molar-refractivity contribution in [1.82, 2.24) is 25.1 Å².